The Morgan fingerprint density at radius 2 is 1.62 bits per heavy atom. The van der Waals surface area contributed by atoms with Gasteiger partial charge in [-0.25, -0.2) is 8.78 Å². The van der Waals surface area contributed by atoms with E-state index in [9.17, 15) is 30.4 Å². The van der Waals surface area contributed by atoms with Gasteiger partial charge in [0.05, 0.1) is 0 Å². The molecule has 0 saturated heterocycles. The standard InChI is InChI=1S/C4H5F5O3S/c1-2(3(5)6)12-13(10,11)4(7,8)9/h2-3H,1H3. The number of hydrogen-bond donors (Lipinski definition) is 0. The summed E-state index contributed by atoms with van der Waals surface area (Å²) in [5.74, 6) is 0. The average molecular weight is 228 g/mol. The SMILES string of the molecule is CC(OS(=O)(=O)C(F)(F)F)C(F)F. The van der Waals surface area contributed by atoms with Gasteiger partial charge < -0.3 is 0 Å². The number of halogens is 5. The quantitative estimate of drug-likeness (QED) is 0.417. The molecule has 13 heavy (non-hydrogen) atoms. The molecule has 0 rings (SSSR count). The Hall–Kier alpha value is -0.440. The molecule has 0 amide bonds. The summed E-state index contributed by atoms with van der Waals surface area (Å²) in [5.41, 5.74) is -5.67. The fourth-order valence-corrected chi connectivity index (χ4v) is 0.889. The molecule has 80 valence electrons. The maximum absolute atomic E-state index is 11.6. The Morgan fingerprint density at radius 1 is 1.23 bits per heavy atom. The zero-order valence-electron chi connectivity index (χ0n) is 6.18. The average Bonchev–Trinajstić information content (AvgIpc) is 1.83. The summed E-state index contributed by atoms with van der Waals surface area (Å²) in [6.45, 7) is 0.522. The third kappa shape index (κ3) is 3.43. The molecular weight excluding hydrogens is 223 g/mol. The van der Waals surface area contributed by atoms with Crippen LogP contribution in [0.1, 0.15) is 6.92 Å². The Labute approximate surface area is 70.6 Å². The minimum atomic E-state index is -5.92. The highest BCUT2D eigenvalue weighted by molar-refractivity contribution is 7.87. The van der Waals surface area contributed by atoms with Gasteiger partial charge in [0.1, 0.15) is 6.10 Å². The molecule has 0 saturated carbocycles. The molecule has 0 radical (unpaired) electrons. The van der Waals surface area contributed by atoms with Crippen molar-refractivity contribution in [1.82, 2.24) is 0 Å². The van der Waals surface area contributed by atoms with Crippen LogP contribution in [0.25, 0.3) is 0 Å². The Balaban J connectivity index is 4.55. The highest BCUT2D eigenvalue weighted by Crippen LogP contribution is 2.26. The molecule has 1 unspecified atom stereocenters. The van der Waals surface area contributed by atoms with Gasteiger partial charge in [-0.2, -0.15) is 21.6 Å². The van der Waals surface area contributed by atoms with Crippen LogP contribution in [0.4, 0.5) is 22.0 Å². The minimum absolute atomic E-state index is 0.522. The van der Waals surface area contributed by atoms with Crippen LogP contribution in [-0.2, 0) is 14.3 Å². The summed E-state index contributed by atoms with van der Waals surface area (Å²) in [4.78, 5) is 0. The van der Waals surface area contributed by atoms with Gasteiger partial charge in [-0.1, -0.05) is 0 Å². The van der Waals surface area contributed by atoms with Crippen molar-refractivity contribution in [3.63, 3.8) is 0 Å². The monoisotopic (exact) mass is 228 g/mol. The van der Waals surface area contributed by atoms with Crippen LogP contribution < -0.4 is 0 Å². The summed E-state index contributed by atoms with van der Waals surface area (Å²) < 4.78 is 81.0. The zero-order chi connectivity index (χ0) is 10.9. The lowest BCUT2D eigenvalue weighted by Gasteiger charge is -2.13. The van der Waals surface area contributed by atoms with Crippen LogP contribution in [0.5, 0.6) is 0 Å². The van der Waals surface area contributed by atoms with Crippen molar-refractivity contribution in [2.45, 2.75) is 25.0 Å². The van der Waals surface area contributed by atoms with E-state index in [0.29, 0.717) is 6.92 Å². The molecule has 0 bridgehead atoms. The third-order valence-corrected chi connectivity index (χ3v) is 2.04. The first-order chi connectivity index (χ1) is 5.58. The van der Waals surface area contributed by atoms with E-state index in [-0.39, 0.29) is 0 Å². The molecule has 0 aliphatic heterocycles. The van der Waals surface area contributed by atoms with Gasteiger partial charge in [0.15, 0.2) is 0 Å². The van der Waals surface area contributed by atoms with Crippen LogP contribution in [0.2, 0.25) is 0 Å². The first-order valence-electron chi connectivity index (χ1n) is 2.85. The van der Waals surface area contributed by atoms with Crippen LogP contribution in [0.15, 0.2) is 0 Å². The van der Waals surface area contributed by atoms with Crippen molar-refractivity contribution in [3.8, 4) is 0 Å². The Bertz CT molecular complexity index is 255. The van der Waals surface area contributed by atoms with Gasteiger partial charge in [-0.05, 0) is 6.92 Å². The van der Waals surface area contributed by atoms with Gasteiger partial charge in [-0.15, -0.1) is 0 Å². The smallest absolute Gasteiger partial charge is 0.254 e. The van der Waals surface area contributed by atoms with Crippen molar-refractivity contribution in [3.05, 3.63) is 0 Å². The van der Waals surface area contributed by atoms with Gasteiger partial charge in [-0.3, -0.25) is 4.18 Å². The summed E-state index contributed by atoms with van der Waals surface area (Å²) >= 11 is 0. The zero-order valence-corrected chi connectivity index (χ0v) is 6.99. The van der Waals surface area contributed by atoms with Crippen LogP contribution in [0, 0.1) is 0 Å². The number of alkyl halides is 5. The molecule has 0 spiro atoms. The van der Waals surface area contributed by atoms with Crippen molar-refractivity contribution in [2.24, 2.45) is 0 Å². The van der Waals surface area contributed by atoms with Crippen molar-refractivity contribution in [2.75, 3.05) is 0 Å². The predicted molar refractivity (Wildman–Crippen MR) is 31.5 cm³/mol. The van der Waals surface area contributed by atoms with Crippen molar-refractivity contribution in [1.29, 1.82) is 0 Å². The van der Waals surface area contributed by atoms with E-state index in [1.165, 1.54) is 0 Å². The maximum atomic E-state index is 11.6. The van der Waals surface area contributed by atoms with E-state index in [1.807, 2.05) is 0 Å². The summed E-state index contributed by atoms with van der Waals surface area (Å²) in [6, 6.07) is 0. The second-order valence-corrected chi connectivity index (χ2v) is 3.60. The molecule has 1 atom stereocenters. The van der Waals surface area contributed by atoms with Crippen molar-refractivity contribution < 1.29 is 34.6 Å². The minimum Gasteiger partial charge on any atom is -0.254 e. The van der Waals surface area contributed by atoms with E-state index in [0.717, 1.165) is 0 Å². The molecule has 3 nitrogen and oxygen atoms in total. The molecule has 0 aromatic carbocycles. The lowest BCUT2D eigenvalue weighted by atomic mass is 10.4. The van der Waals surface area contributed by atoms with Crippen LogP contribution >= 0.6 is 0 Å². The molecule has 0 aromatic rings. The van der Waals surface area contributed by atoms with E-state index >= 15 is 0 Å². The second-order valence-electron chi connectivity index (χ2n) is 2.04. The lowest BCUT2D eigenvalue weighted by molar-refractivity contribution is -0.0644. The number of hydrogen-bond acceptors (Lipinski definition) is 3. The Morgan fingerprint density at radius 3 is 1.85 bits per heavy atom. The maximum Gasteiger partial charge on any atom is 0.523 e. The first kappa shape index (κ1) is 12.6. The summed E-state index contributed by atoms with van der Waals surface area (Å²) in [7, 11) is -5.92. The van der Waals surface area contributed by atoms with Gasteiger partial charge in [0, 0.05) is 0 Å². The largest absolute Gasteiger partial charge is 0.523 e. The highest BCUT2D eigenvalue weighted by Gasteiger charge is 2.48. The Kier molecular flexibility index (Phi) is 3.62. The number of rotatable bonds is 3. The first-order valence-corrected chi connectivity index (χ1v) is 4.26. The highest BCUT2D eigenvalue weighted by atomic mass is 32.2. The lowest BCUT2D eigenvalue weighted by Crippen LogP contribution is -2.31. The molecule has 9 heteroatoms. The third-order valence-electron chi connectivity index (χ3n) is 0.917. The predicted octanol–water partition coefficient (Wildman–Crippen LogP) is 1.51. The second kappa shape index (κ2) is 3.74. The van der Waals surface area contributed by atoms with Gasteiger partial charge >= 0.3 is 15.6 Å². The molecule has 0 aromatic heterocycles. The van der Waals surface area contributed by atoms with E-state index in [2.05, 4.69) is 4.18 Å². The molecular formula is C4H5F5O3S. The topological polar surface area (TPSA) is 43.4 Å². The molecule has 0 heterocycles. The molecule has 0 N–H and O–H groups in total. The van der Waals surface area contributed by atoms with Crippen LogP contribution in [0.3, 0.4) is 0 Å². The van der Waals surface area contributed by atoms with Crippen LogP contribution in [-0.4, -0.2) is 26.5 Å². The fourth-order valence-electron chi connectivity index (χ4n) is 0.296. The van der Waals surface area contributed by atoms with E-state index in [1.54, 1.807) is 0 Å². The summed E-state index contributed by atoms with van der Waals surface area (Å²) in [6.07, 6.45) is -5.61. The summed E-state index contributed by atoms with van der Waals surface area (Å²) in [5, 5.41) is 0. The molecule has 0 fully saturated rings. The fraction of sp³-hybridized carbons (Fsp3) is 1.00. The molecule has 0 aliphatic rings. The van der Waals surface area contributed by atoms with E-state index < -0.39 is 28.2 Å². The van der Waals surface area contributed by atoms with Gasteiger partial charge in [0.2, 0.25) is 0 Å². The van der Waals surface area contributed by atoms with E-state index in [4.69, 9.17) is 0 Å². The van der Waals surface area contributed by atoms with Crippen molar-refractivity contribution >= 4 is 10.1 Å². The van der Waals surface area contributed by atoms with Gasteiger partial charge in [0.25, 0.3) is 6.43 Å². The molecule has 0 aliphatic carbocycles. The normalized spacial score (nSPS) is 16.2.